The van der Waals surface area contributed by atoms with E-state index in [1.807, 2.05) is 23.8 Å². The van der Waals surface area contributed by atoms with Gasteiger partial charge in [-0.15, -0.1) is 0 Å². The van der Waals surface area contributed by atoms with Crippen molar-refractivity contribution in [3.05, 3.63) is 46.8 Å². The topological polar surface area (TPSA) is 72.8 Å². The maximum absolute atomic E-state index is 11.8. The molecule has 0 radical (unpaired) electrons. The number of nitrogens with one attached hydrogen (secondary N) is 1. The lowest BCUT2D eigenvalue weighted by Gasteiger charge is -2.05. The first-order chi connectivity index (χ1) is 9.20. The van der Waals surface area contributed by atoms with Crippen molar-refractivity contribution in [3.8, 4) is 11.6 Å². The second-order valence-electron chi connectivity index (χ2n) is 4.17. The lowest BCUT2D eigenvalue weighted by atomic mass is 10.3. The Morgan fingerprint density at radius 3 is 3.00 bits per heavy atom. The van der Waals surface area contributed by atoms with Crippen molar-refractivity contribution in [2.24, 2.45) is 0 Å². The summed E-state index contributed by atoms with van der Waals surface area (Å²) in [5.41, 5.74) is 2.21. The standard InChI is InChI=1S/C13H12N4O2/c1-8-6-17(9-3-4-14-10(5-9)19-2)12-11(8)13(18)16-7-15-12/h3-7H,1-2H3,(H,15,16,18). The van der Waals surface area contributed by atoms with Crippen LogP contribution >= 0.6 is 0 Å². The van der Waals surface area contributed by atoms with Gasteiger partial charge in [-0.1, -0.05) is 0 Å². The zero-order valence-electron chi connectivity index (χ0n) is 10.5. The van der Waals surface area contributed by atoms with Crippen LogP contribution in [-0.4, -0.2) is 26.6 Å². The molecule has 0 aromatic carbocycles. The lowest BCUT2D eigenvalue weighted by molar-refractivity contribution is 0.397. The lowest BCUT2D eigenvalue weighted by Crippen LogP contribution is -2.07. The minimum atomic E-state index is -0.137. The van der Waals surface area contributed by atoms with Gasteiger partial charge in [0.15, 0.2) is 5.65 Å². The van der Waals surface area contributed by atoms with Gasteiger partial charge in [0.2, 0.25) is 5.88 Å². The van der Waals surface area contributed by atoms with Crippen LogP contribution in [0.2, 0.25) is 0 Å². The van der Waals surface area contributed by atoms with Crippen molar-refractivity contribution >= 4 is 11.0 Å². The molecule has 0 fully saturated rings. The normalized spacial score (nSPS) is 10.8. The van der Waals surface area contributed by atoms with E-state index in [9.17, 15) is 4.79 Å². The Morgan fingerprint density at radius 1 is 1.37 bits per heavy atom. The van der Waals surface area contributed by atoms with E-state index in [1.165, 1.54) is 6.33 Å². The summed E-state index contributed by atoms with van der Waals surface area (Å²) in [7, 11) is 1.56. The van der Waals surface area contributed by atoms with Crippen LogP contribution in [0.1, 0.15) is 5.56 Å². The monoisotopic (exact) mass is 256 g/mol. The molecule has 0 aliphatic carbocycles. The van der Waals surface area contributed by atoms with E-state index in [0.29, 0.717) is 16.9 Å². The molecule has 0 aliphatic rings. The number of pyridine rings is 1. The van der Waals surface area contributed by atoms with E-state index >= 15 is 0 Å². The third-order valence-electron chi connectivity index (χ3n) is 2.98. The van der Waals surface area contributed by atoms with Crippen molar-refractivity contribution in [3.63, 3.8) is 0 Å². The molecule has 0 aliphatic heterocycles. The average molecular weight is 256 g/mol. The number of rotatable bonds is 2. The number of methoxy groups -OCH3 is 1. The van der Waals surface area contributed by atoms with Crippen LogP contribution in [0.25, 0.3) is 16.7 Å². The Kier molecular flexibility index (Phi) is 2.56. The van der Waals surface area contributed by atoms with Crippen LogP contribution in [0, 0.1) is 6.92 Å². The second kappa shape index (κ2) is 4.24. The highest BCUT2D eigenvalue weighted by Crippen LogP contribution is 2.21. The molecule has 3 aromatic rings. The van der Waals surface area contributed by atoms with Gasteiger partial charge < -0.3 is 14.3 Å². The Morgan fingerprint density at radius 2 is 2.21 bits per heavy atom. The Labute approximate surface area is 108 Å². The molecule has 0 amide bonds. The molecule has 6 heteroatoms. The third-order valence-corrected chi connectivity index (χ3v) is 2.98. The molecule has 0 spiro atoms. The molecule has 0 unspecified atom stereocenters. The summed E-state index contributed by atoms with van der Waals surface area (Å²) >= 11 is 0. The van der Waals surface area contributed by atoms with E-state index in [2.05, 4.69) is 15.0 Å². The molecule has 3 rings (SSSR count). The molecule has 6 nitrogen and oxygen atoms in total. The van der Waals surface area contributed by atoms with Gasteiger partial charge in [0.05, 0.1) is 24.5 Å². The van der Waals surface area contributed by atoms with Gasteiger partial charge in [-0.25, -0.2) is 9.97 Å². The summed E-state index contributed by atoms with van der Waals surface area (Å²) in [6, 6.07) is 3.63. The number of ether oxygens (including phenoxy) is 1. The molecule has 0 saturated carbocycles. The molecule has 3 heterocycles. The fourth-order valence-electron chi connectivity index (χ4n) is 2.11. The van der Waals surface area contributed by atoms with Crippen molar-refractivity contribution < 1.29 is 4.74 Å². The van der Waals surface area contributed by atoms with Gasteiger partial charge in [0, 0.05) is 18.5 Å². The highest BCUT2D eigenvalue weighted by atomic mass is 16.5. The molecule has 3 aromatic heterocycles. The fourth-order valence-corrected chi connectivity index (χ4v) is 2.11. The number of aryl methyl sites for hydroxylation is 1. The SMILES string of the molecule is COc1cc(-n2cc(C)c3c(=O)[nH]cnc32)ccn1. The second-order valence-corrected chi connectivity index (χ2v) is 4.17. The molecule has 0 atom stereocenters. The van der Waals surface area contributed by atoms with E-state index in [4.69, 9.17) is 4.74 Å². The maximum Gasteiger partial charge on any atom is 0.260 e. The Hall–Kier alpha value is -2.63. The van der Waals surface area contributed by atoms with Crippen molar-refractivity contribution in [2.45, 2.75) is 6.92 Å². The summed E-state index contributed by atoms with van der Waals surface area (Å²) in [5, 5.41) is 0.596. The maximum atomic E-state index is 11.8. The molecule has 19 heavy (non-hydrogen) atoms. The van der Waals surface area contributed by atoms with Crippen molar-refractivity contribution in [2.75, 3.05) is 7.11 Å². The van der Waals surface area contributed by atoms with Gasteiger partial charge in [0.1, 0.15) is 0 Å². The largest absolute Gasteiger partial charge is 0.481 e. The predicted molar refractivity (Wildman–Crippen MR) is 70.8 cm³/mol. The number of aromatic amines is 1. The third kappa shape index (κ3) is 1.77. The highest BCUT2D eigenvalue weighted by molar-refractivity contribution is 5.80. The molecule has 96 valence electrons. The quantitative estimate of drug-likeness (QED) is 0.752. The summed E-state index contributed by atoms with van der Waals surface area (Å²) in [6.45, 7) is 1.88. The molecular formula is C13H12N4O2. The molecule has 0 bridgehead atoms. The van der Waals surface area contributed by atoms with Gasteiger partial charge in [0.25, 0.3) is 5.56 Å². The van der Waals surface area contributed by atoms with Crippen LogP contribution in [-0.2, 0) is 0 Å². The number of aromatic nitrogens is 4. The summed E-state index contributed by atoms with van der Waals surface area (Å²) in [4.78, 5) is 22.7. The molecule has 0 saturated heterocycles. The first kappa shape index (κ1) is 11.5. The smallest absolute Gasteiger partial charge is 0.260 e. The zero-order chi connectivity index (χ0) is 13.4. The van der Waals surface area contributed by atoms with Crippen LogP contribution in [0.15, 0.2) is 35.6 Å². The number of nitrogens with zero attached hydrogens (tertiary/aromatic N) is 3. The first-order valence-corrected chi connectivity index (χ1v) is 5.76. The minimum absolute atomic E-state index is 0.137. The number of hydrogen-bond acceptors (Lipinski definition) is 4. The molecule has 1 N–H and O–H groups in total. The number of fused-ring (bicyclic) bond motifs is 1. The van der Waals surface area contributed by atoms with Crippen molar-refractivity contribution in [1.82, 2.24) is 19.5 Å². The van der Waals surface area contributed by atoms with Gasteiger partial charge in [-0.3, -0.25) is 4.79 Å². The van der Waals surface area contributed by atoms with Crippen LogP contribution in [0.5, 0.6) is 5.88 Å². The fraction of sp³-hybridized carbons (Fsp3) is 0.154. The average Bonchev–Trinajstić information content (AvgIpc) is 2.78. The molecular weight excluding hydrogens is 244 g/mol. The van der Waals surface area contributed by atoms with E-state index in [1.54, 1.807) is 19.4 Å². The highest BCUT2D eigenvalue weighted by Gasteiger charge is 2.11. The summed E-state index contributed by atoms with van der Waals surface area (Å²) < 4.78 is 6.96. The Balaban J connectivity index is 2.31. The zero-order valence-corrected chi connectivity index (χ0v) is 10.5. The van der Waals surface area contributed by atoms with Crippen LogP contribution in [0.4, 0.5) is 0 Å². The predicted octanol–water partition coefficient (Wildman–Crippen LogP) is 1.43. The van der Waals surface area contributed by atoms with Crippen LogP contribution in [0.3, 0.4) is 0 Å². The summed E-state index contributed by atoms with van der Waals surface area (Å²) in [5.74, 6) is 0.516. The van der Waals surface area contributed by atoms with Gasteiger partial charge >= 0.3 is 0 Å². The van der Waals surface area contributed by atoms with Crippen molar-refractivity contribution in [1.29, 1.82) is 0 Å². The first-order valence-electron chi connectivity index (χ1n) is 5.76. The Bertz CT molecular complexity index is 804. The minimum Gasteiger partial charge on any atom is -0.481 e. The van der Waals surface area contributed by atoms with Gasteiger partial charge in [-0.05, 0) is 18.6 Å². The van der Waals surface area contributed by atoms with Gasteiger partial charge in [-0.2, -0.15) is 0 Å². The van der Waals surface area contributed by atoms with E-state index < -0.39 is 0 Å². The number of hydrogen-bond donors (Lipinski definition) is 1. The van der Waals surface area contributed by atoms with Crippen LogP contribution < -0.4 is 10.3 Å². The van der Waals surface area contributed by atoms with E-state index in [0.717, 1.165) is 11.3 Å². The summed E-state index contributed by atoms with van der Waals surface area (Å²) in [6.07, 6.45) is 4.93. The number of H-pyrrole nitrogens is 1. The van der Waals surface area contributed by atoms with E-state index in [-0.39, 0.29) is 5.56 Å².